The maximum Gasteiger partial charge on any atom is 0.439 e. The molecule has 0 aromatic heterocycles. The summed E-state index contributed by atoms with van der Waals surface area (Å²) in [5.74, 6) is 0.710. The largest absolute Gasteiger partial charge is 0.497 e. The predicted molar refractivity (Wildman–Crippen MR) is 43.8 cm³/mol. The van der Waals surface area contributed by atoms with E-state index < -0.39 is 0 Å². The van der Waals surface area contributed by atoms with Crippen molar-refractivity contribution in [3.05, 3.63) is 24.3 Å². The van der Waals surface area contributed by atoms with Gasteiger partial charge in [0, 0.05) is 16.6 Å². The number of nitrogens with zero attached hydrogens (tertiary/aromatic N) is 1. The third-order valence-electron chi connectivity index (χ3n) is 1.39. The van der Waals surface area contributed by atoms with E-state index in [1.165, 1.54) is 0 Å². The normalized spacial score (nSPS) is 11.4. The van der Waals surface area contributed by atoms with Gasteiger partial charge in [0.1, 0.15) is 5.75 Å². The first-order valence-electron chi connectivity index (χ1n) is 3.26. The van der Waals surface area contributed by atoms with Gasteiger partial charge in [0.2, 0.25) is 0 Å². The van der Waals surface area contributed by atoms with E-state index in [-0.39, 0.29) is 8.60 Å². The third kappa shape index (κ3) is 2.01. The molecule has 0 aliphatic rings. The fourth-order valence-corrected chi connectivity index (χ4v) is 1.00. The summed E-state index contributed by atoms with van der Waals surface area (Å²) in [6.07, 6.45) is 0. The van der Waals surface area contributed by atoms with E-state index in [9.17, 15) is 0 Å². The lowest BCUT2D eigenvalue weighted by atomic mass is 10.3. The van der Waals surface area contributed by atoms with Crippen molar-refractivity contribution >= 4 is 14.3 Å². The van der Waals surface area contributed by atoms with Crippen molar-refractivity contribution in [3.63, 3.8) is 0 Å². The third-order valence-corrected chi connectivity index (χ3v) is 1.79. The molecule has 0 bridgehead atoms. The molecule has 0 aliphatic carbocycles. The van der Waals surface area contributed by atoms with Crippen molar-refractivity contribution in [1.29, 1.82) is 0 Å². The van der Waals surface area contributed by atoms with Crippen LogP contribution in [0.15, 0.2) is 24.3 Å². The summed E-state index contributed by atoms with van der Waals surface area (Å²) >= 11 is 0. The molecule has 0 radical (unpaired) electrons. The van der Waals surface area contributed by atoms with E-state index in [0.29, 0.717) is 15.9 Å². The number of benzene rings is 1. The molecule has 0 saturated heterocycles. The van der Waals surface area contributed by atoms with Gasteiger partial charge in [-0.15, -0.1) is 5.21 Å². The maximum absolute atomic E-state index is 9.02. The Morgan fingerprint density at radius 2 is 1.92 bits per heavy atom. The Morgan fingerprint density at radius 1 is 1.33 bits per heavy atom. The van der Waals surface area contributed by atoms with Crippen molar-refractivity contribution in [3.8, 4) is 5.75 Å². The van der Waals surface area contributed by atoms with Gasteiger partial charge in [-0.3, -0.25) is 4.89 Å². The molecule has 0 fully saturated rings. The highest BCUT2D eigenvalue weighted by molar-refractivity contribution is 7.16. The molecule has 1 rings (SSSR count). The van der Waals surface area contributed by atoms with Crippen LogP contribution in [0.25, 0.3) is 0 Å². The van der Waals surface area contributed by atoms with Gasteiger partial charge in [0.15, 0.2) is 0 Å². The molecule has 0 unspecified atom stereocenters. The molecule has 4 nitrogen and oxygen atoms in total. The van der Waals surface area contributed by atoms with Crippen LogP contribution in [0, 0.1) is 0 Å². The van der Waals surface area contributed by atoms with Crippen LogP contribution >= 0.6 is 8.60 Å². The van der Waals surface area contributed by atoms with Crippen molar-refractivity contribution in [2.75, 3.05) is 7.11 Å². The van der Waals surface area contributed by atoms with E-state index in [2.05, 4.69) is 0 Å². The molecule has 2 N–H and O–H groups in total. The molecular formula is C7H9NO3P+. The average Bonchev–Trinajstić information content (AvgIpc) is 2.17. The van der Waals surface area contributed by atoms with E-state index >= 15 is 0 Å². The van der Waals surface area contributed by atoms with Crippen LogP contribution in [0.2, 0.25) is 0 Å². The smallest absolute Gasteiger partial charge is 0.439 e. The number of hydrogen-bond donors (Lipinski definition) is 2. The van der Waals surface area contributed by atoms with Crippen molar-refractivity contribution < 1.29 is 19.3 Å². The van der Waals surface area contributed by atoms with Crippen LogP contribution in [0.3, 0.4) is 0 Å². The topological polar surface area (TPSA) is 52.7 Å². The number of ether oxygens (including phenoxy) is 1. The van der Waals surface area contributed by atoms with Crippen LogP contribution < -0.4 is 4.74 Å². The van der Waals surface area contributed by atoms with Crippen LogP contribution in [0.1, 0.15) is 0 Å². The van der Waals surface area contributed by atoms with Gasteiger partial charge >= 0.3 is 8.60 Å². The molecule has 64 valence electrons. The number of rotatable bonds is 2. The molecule has 0 heterocycles. The summed E-state index contributed by atoms with van der Waals surface area (Å²) in [6.45, 7) is 0. The minimum atomic E-state index is -0.203. The van der Waals surface area contributed by atoms with Gasteiger partial charge in [-0.05, 0) is 12.1 Å². The Bertz CT molecular complexity index is 283. The highest BCUT2D eigenvalue weighted by Crippen LogP contribution is 2.18. The van der Waals surface area contributed by atoms with E-state index in [1.54, 1.807) is 31.4 Å². The molecule has 12 heavy (non-hydrogen) atoms. The molecule has 0 saturated carbocycles. The summed E-state index contributed by atoms with van der Waals surface area (Å²) in [5.41, 5.74) is 0.514. The van der Waals surface area contributed by atoms with E-state index in [4.69, 9.17) is 14.8 Å². The summed E-state index contributed by atoms with van der Waals surface area (Å²) in [5, 5.41) is 9.02. The number of methoxy groups -OCH3 is 1. The highest BCUT2D eigenvalue weighted by Gasteiger charge is 2.05. The molecule has 1 aromatic rings. The minimum absolute atomic E-state index is 0.203. The molecule has 5 heteroatoms. The lowest BCUT2D eigenvalue weighted by molar-refractivity contribution is -0.695. The van der Waals surface area contributed by atoms with Gasteiger partial charge in [0.05, 0.1) is 7.11 Å². The van der Waals surface area contributed by atoms with E-state index in [1.807, 2.05) is 0 Å². The fraction of sp³-hybridized carbons (Fsp3) is 0.143. The Labute approximate surface area is 71.6 Å². The zero-order chi connectivity index (χ0) is 8.97. The summed E-state index contributed by atoms with van der Waals surface area (Å²) in [6, 6.07) is 6.68. The molecule has 0 spiro atoms. The zero-order valence-corrected chi connectivity index (χ0v) is 7.40. The van der Waals surface area contributed by atoms with Gasteiger partial charge < -0.3 is 4.74 Å². The SMILES string of the molecule is COc1ccc([N+](O)=PO)cc1. The van der Waals surface area contributed by atoms with Gasteiger partial charge in [0.25, 0.3) is 5.69 Å². The van der Waals surface area contributed by atoms with Crippen LogP contribution in [0.4, 0.5) is 5.69 Å². The van der Waals surface area contributed by atoms with Gasteiger partial charge in [-0.1, -0.05) is 0 Å². The zero-order valence-electron chi connectivity index (χ0n) is 6.51. The summed E-state index contributed by atoms with van der Waals surface area (Å²) < 4.78 is 5.63. The summed E-state index contributed by atoms with van der Waals surface area (Å²) in [7, 11) is 1.36. The Hall–Kier alpha value is -0.960. The minimum Gasteiger partial charge on any atom is -0.497 e. The number of hydrogen-bond acceptors (Lipinski definition) is 1. The van der Waals surface area contributed by atoms with Crippen LogP contribution in [0.5, 0.6) is 5.75 Å². The van der Waals surface area contributed by atoms with Crippen molar-refractivity contribution in [2.45, 2.75) is 0 Å². The first kappa shape index (κ1) is 9.13. The van der Waals surface area contributed by atoms with Crippen LogP contribution in [-0.4, -0.2) is 21.7 Å². The maximum atomic E-state index is 9.02. The molecular weight excluding hydrogens is 177 g/mol. The van der Waals surface area contributed by atoms with E-state index in [0.717, 1.165) is 0 Å². The first-order valence-corrected chi connectivity index (χ1v) is 4.06. The second kappa shape index (κ2) is 4.16. The second-order valence-corrected chi connectivity index (χ2v) is 2.63. The molecule has 0 atom stereocenters. The van der Waals surface area contributed by atoms with Crippen LogP contribution in [-0.2, 0) is 0 Å². The monoisotopic (exact) mass is 186 g/mol. The quantitative estimate of drug-likeness (QED) is 0.546. The average molecular weight is 186 g/mol. The standard InChI is InChI=1S/C7H8NO3P/c1-11-7-4-2-6(3-5-7)8(9)12-10/h2-5,9H,1H3/p+1. The molecule has 1 aromatic carbocycles. The lowest BCUT2D eigenvalue weighted by Gasteiger charge is -1.96. The molecule has 0 aliphatic heterocycles. The van der Waals surface area contributed by atoms with Gasteiger partial charge in [-0.2, -0.15) is 0 Å². The predicted octanol–water partition coefficient (Wildman–Crippen LogP) is 1.77. The fourth-order valence-electron chi connectivity index (χ4n) is 0.767. The Balaban J connectivity index is 2.92. The lowest BCUT2D eigenvalue weighted by Crippen LogP contribution is -1.90. The Morgan fingerprint density at radius 3 is 2.33 bits per heavy atom. The van der Waals surface area contributed by atoms with Crippen molar-refractivity contribution in [2.24, 2.45) is 0 Å². The highest BCUT2D eigenvalue weighted by atomic mass is 31.1. The van der Waals surface area contributed by atoms with Gasteiger partial charge in [-0.25, -0.2) is 0 Å². The second-order valence-electron chi connectivity index (χ2n) is 2.08. The summed E-state index contributed by atoms with van der Waals surface area (Å²) in [4.78, 5) is 8.53. The molecule has 0 amide bonds. The Kier molecular flexibility index (Phi) is 3.17. The van der Waals surface area contributed by atoms with Crippen molar-refractivity contribution in [1.82, 2.24) is 0 Å². The first-order chi connectivity index (χ1) is 5.77.